The van der Waals surface area contributed by atoms with Crippen LogP contribution in [0.2, 0.25) is 0 Å². The third-order valence-electron chi connectivity index (χ3n) is 4.69. The van der Waals surface area contributed by atoms with Crippen molar-refractivity contribution in [2.75, 3.05) is 18.5 Å². The van der Waals surface area contributed by atoms with Crippen LogP contribution in [0.3, 0.4) is 0 Å². The van der Waals surface area contributed by atoms with E-state index >= 15 is 0 Å². The van der Waals surface area contributed by atoms with Gasteiger partial charge in [-0.2, -0.15) is 0 Å². The largest absolute Gasteiger partial charge is 0.454 e. The Balaban J connectivity index is 1.22. The Hall–Kier alpha value is -3.07. The number of amides is 2. The standard InChI is InChI=1S/C20H20N2O6S/c23-17(12-26-18(24)11-21-19(25)16-4-3-9-29-16)22-13-5-6-14-15(10-13)28-20(27-14)7-1-2-8-20/h3-6,9-10H,1-2,7-8,11-12H2,(H,21,25)(H,22,23). The molecule has 1 spiro atoms. The Morgan fingerprint density at radius 3 is 2.66 bits per heavy atom. The Morgan fingerprint density at radius 2 is 1.90 bits per heavy atom. The highest BCUT2D eigenvalue weighted by Gasteiger charge is 2.44. The second-order valence-electron chi connectivity index (χ2n) is 6.85. The summed E-state index contributed by atoms with van der Waals surface area (Å²) in [6.45, 7) is -0.762. The van der Waals surface area contributed by atoms with Gasteiger partial charge in [-0.1, -0.05) is 6.07 Å². The number of nitrogens with one attached hydrogen (secondary N) is 2. The average Bonchev–Trinajstić information content (AvgIpc) is 3.45. The lowest BCUT2D eigenvalue weighted by Gasteiger charge is -2.21. The maximum Gasteiger partial charge on any atom is 0.325 e. The number of anilines is 1. The molecule has 1 fully saturated rings. The van der Waals surface area contributed by atoms with Gasteiger partial charge in [0.1, 0.15) is 6.54 Å². The van der Waals surface area contributed by atoms with Crippen LogP contribution in [0.25, 0.3) is 0 Å². The summed E-state index contributed by atoms with van der Waals surface area (Å²) in [6, 6.07) is 8.55. The van der Waals surface area contributed by atoms with Gasteiger partial charge in [-0.3, -0.25) is 14.4 Å². The molecule has 0 radical (unpaired) electrons. The van der Waals surface area contributed by atoms with Crippen molar-refractivity contribution < 1.29 is 28.6 Å². The molecule has 9 heteroatoms. The van der Waals surface area contributed by atoms with Gasteiger partial charge in [0.25, 0.3) is 17.6 Å². The lowest BCUT2D eigenvalue weighted by atomic mass is 10.2. The summed E-state index contributed by atoms with van der Waals surface area (Å²) in [5, 5.41) is 6.87. The molecular weight excluding hydrogens is 396 g/mol. The molecule has 2 N–H and O–H groups in total. The molecule has 2 aliphatic rings. The monoisotopic (exact) mass is 416 g/mol. The number of esters is 1. The van der Waals surface area contributed by atoms with E-state index in [0.717, 1.165) is 25.7 Å². The molecule has 0 atom stereocenters. The molecule has 0 bridgehead atoms. The summed E-state index contributed by atoms with van der Waals surface area (Å²) in [7, 11) is 0. The van der Waals surface area contributed by atoms with E-state index in [1.165, 1.54) is 11.3 Å². The molecule has 1 aromatic heterocycles. The lowest BCUT2D eigenvalue weighted by molar-refractivity contribution is -0.146. The van der Waals surface area contributed by atoms with E-state index in [9.17, 15) is 14.4 Å². The maximum absolute atomic E-state index is 12.0. The zero-order valence-corrected chi connectivity index (χ0v) is 16.4. The number of ether oxygens (including phenoxy) is 3. The van der Waals surface area contributed by atoms with Gasteiger partial charge in [-0.15, -0.1) is 11.3 Å². The van der Waals surface area contributed by atoms with Crippen molar-refractivity contribution in [2.24, 2.45) is 0 Å². The predicted octanol–water partition coefficient (Wildman–Crippen LogP) is 2.70. The number of carbonyl (C=O) groups is 3. The quantitative estimate of drug-likeness (QED) is 0.702. The summed E-state index contributed by atoms with van der Waals surface area (Å²) in [5.74, 6) is -0.845. The van der Waals surface area contributed by atoms with E-state index in [-0.39, 0.29) is 12.5 Å². The highest BCUT2D eigenvalue weighted by atomic mass is 32.1. The van der Waals surface area contributed by atoms with Crippen LogP contribution in [0, 0.1) is 0 Å². The van der Waals surface area contributed by atoms with Gasteiger partial charge in [0.2, 0.25) is 0 Å². The number of hydrogen-bond donors (Lipinski definition) is 2. The van der Waals surface area contributed by atoms with Crippen molar-refractivity contribution in [3.8, 4) is 11.5 Å². The minimum absolute atomic E-state index is 0.309. The number of hydrogen-bond acceptors (Lipinski definition) is 7. The number of rotatable bonds is 6. The van der Waals surface area contributed by atoms with E-state index in [1.54, 1.807) is 35.7 Å². The molecule has 2 aromatic rings. The molecule has 0 saturated heterocycles. The number of benzene rings is 1. The Labute approximate surface area is 171 Å². The van der Waals surface area contributed by atoms with Crippen LogP contribution in [0.1, 0.15) is 35.4 Å². The summed E-state index contributed by atoms with van der Waals surface area (Å²) >= 11 is 1.27. The predicted molar refractivity (Wildman–Crippen MR) is 105 cm³/mol. The van der Waals surface area contributed by atoms with E-state index in [1.807, 2.05) is 0 Å². The molecule has 8 nitrogen and oxygen atoms in total. The van der Waals surface area contributed by atoms with Crippen LogP contribution in [0.4, 0.5) is 5.69 Å². The molecule has 1 aromatic carbocycles. The van der Waals surface area contributed by atoms with E-state index in [4.69, 9.17) is 14.2 Å². The number of carbonyl (C=O) groups excluding carboxylic acids is 3. The fraction of sp³-hybridized carbons (Fsp3) is 0.350. The molecule has 1 saturated carbocycles. The first kappa shape index (κ1) is 19.3. The second kappa shape index (κ2) is 8.12. The van der Waals surface area contributed by atoms with Crippen LogP contribution in [-0.4, -0.2) is 36.7 Å². The average molecular weight is 416 g/mol. The van der Waals surface area contributed by atoms with Crippen molar-refractivity contribution in [2.45, 2.75) is 31.5 Å². The van der Waals surface area contributed by atoms with Gasteiger partial charge in [0, 0.05) is 24.6 Å². The third-order valence-corrected chi connectivity index (χ3v) is 5.56. The van der Waals surface area contributed by atoms with Crippen molar-refractivity contribution in [3.05, 3.63) is 40.6 Å². The van der Waals surface area contributed by atoms with Crippen molar-refractivity contribution in [3.63, 3.8) is 0 Å². The molecule has 2 amide bonds. The summed E-state index contributed by atoms with van der Waals surface area (Å²) in [5.41, 5.74) is 0.523. The number of fused-ring (bicyclic) bond motifs is 1. The molecular formula is C20H20N2O6S. The smallest absolute Gasteiger partial charge is 0.325 e. The van der Waals surface area contributed by atoms with E-state index < -0.39 is 24.3 Å². The van der Waals surface area contributed by atoms with Crippen molar-refractivity contribution in [1.82, 2.24) is 5.32 Å². The highest BCUT2D eigenvalue weighted by Crippen LogP contribution is 2.47. The Kier molecular flexibility index (Phi) is 5.39. The van der Waals surface area contributed by atoms with Crippen LogP contribution in [-0.2, 0) is 14.3 Å². The molecule has 0 unspecified atom stereocenters. The van der Waals surface area contributed by atoms with E-state index in [2.05, 4.69) is 10.6 Å². The van der Waals surface area contributed by atoms with Gasteiger partial charge >= 0.3 is 5.97 Å². The Morgan fingerprint density at radius 1 is 1.10 bits per heavy atom. The zero-order valence-electron chi connectivity index (χ0n) is 15.6. The lowest BCUT2D eigenvalue weighted by Crippen LogP contribution is -2.34. The van der Waals surface area contributed by atoms with Crippen molar-refractivity contribution in [1.29, 1.82) is 0 Å². The SMILES string of the molecule is O=C(COC(=O)CNC(=O)c1cccs1)Nc1ccc2c(c1)OC1(CCCC1)O2. The normalized spacial score (nSPS) is 15.9. The maximum atomic E-state index is 12.0. The minimum atomic E-state index is -0.695. The Bertz CT molecular complexity index is 921. The third kappa shape index (κ3) is 4.51. The molecule has 152 valence electrons. The second-order valence-corrected chi connectivity index (χ2v) is 7.80. The summed E-state index contributed by atoms with van der Waals surface area (Å²) in [6.07, 6.45) is 3.83. The first-order chi connectivity index (χ1) is 14.0. The summed E-state index contributed by atoms with van der Waals surface area (Å²) in [4.78, 5) is 36.0. The fourth-order valence-corrected chi connectivity index (χ4v) is 3.97. The van der Waals surface area contributed by atoms with Gasteiger partial charge in [0.05, 0.1) is 4.88 Å². The molecule has 29 heavy (non-hydrogen) atoms. The summed E-state index contributed by atoms with van der Waals surface area (Å²) < 4.78 is 16.8. The molecule has 4 rings (SSSR count). The first-order valence-electron chi connectivity index (χ1n) is 9.32. The van der Waals surface area contributed by atoms with Crippen LogP contribution in [0.15, 0.2) is 35.7 Å². The van der Waals surface area contributed by atoms with E-state index in [0.29, 0.717) is 22.1 Å². The molecule has 2 heterocycles. The topological polar surface area (TPSA) is 103 Å². The number of thiophene rings is 1. The van der Waals surface area contributed by atoms with Gasteiger partial charge < -0.3 is 24.8 Å². The first-order valence-corrected chi connectivity index (χ1v) is 10.2. The van der Waals surface area contributed by atoms with Gasteiger partial charge in [-0.25, -0.2) is 0 Å². The zero-order chi connectivity index (χ0) is 20.3. The highest BCUT2D eigenvalue weighted by molar-refractivity contribution is 7.12. The minimum Gasteiger partial charge on any atom is -0.454 e. The van der Waals surface area contributed by atoms with Crippen LogP contribution < -0.4 is 20.1 Å². The molecule has 1 aliphatic carbocycles. The van der Waals surface area contributed by atoms with Gasteiger partial charge in [-0.05, 0) is 36.4 Å². The van der Waals surface area contributed by atoms with Crippen LogP contribution >= 0.6 is 11.3 Å². The van der Waals surface area contributed by atoms with Gasteiger partial charge in [0.15, 0.2) is 18.1 Å². The fourth-order valence-electron chi connectivity index (χ4n) is 3.33. The van der Waals surface area contributed by atoms with Crippen LogP contribution in [0.5, 0.6) is 11.5 Å². The van der Waals surface area contributed by atoms with Crippen molar-refractivity contribution >= 4 is 34.8 Å². The molecule has 1 aliphatic heterocycles.